The number of nitrogens with zero attached hydrogens (tertiary/aromatic N) is 3. The number of fused-ring (bicyclic) bond motifs is 7. The molecule has 252 valence electrons. The molecule has 54 heavy (non-hydrogen) atoms. The average Bonchev–Trinajstić information content (AvgIpc) is 3.79. The monoisotopic (exact) mass is 705 g/mol. The number of rotatable bonds is 5. The van der Waals surface area contributed by atoms with Crippen LogP contribution in [0.15, 0.2) is 188 Å². The zero-order chi connectivity index (χ0) is 35.6. The Hall–Kier alpha value is -6.88. The van der Waals surface area contributed by atoms with E-state index in [4.69, 9.17) is 9.97 Å². The number of hydrogen-bond donors (Lipinski definition) is 0. The fourth-order valence-corrected chi connectivity index (χ4v) is 9.17. The summed E-state index contributed by atoms with van der Waals surface area (Å²) in [4.78, 5) is 10.2. The first kappa shape index (κ1) is 30.7. The van der Waals surface area contributed by atoms with E-state index in [1.165, 1.54) is 53.1 Å². The lowest BCUT2D eigenvalue weighted by atomic mass is 10.0. The minimum atomic E-state index is 0.718. The quantitative estimate of drug-likeness (QED) is 0.178. The lowest BCUT2D eigenvalue weighted by Gasteiger charge is -2.12. The lowest BCUT2D eigenvalue weighted by Crippen LogP contribution is -1.96. The molecule has 0 N–H and O–H groups in total. The highest BCUT2D eigenvalue weighted by molar-refractivity contribution is 7.25. The van der Waals surface area contributed by atoms with E-state index in [1.807, 2.05) is 29.5 Å². The van der Waals surface area contributed by atoms with E-state index >= 15 is 0 Å². The summed E-state index contributed by atoms with van der Waals surface area (Å²) in [6.07, 6.45) is 0. The molecule has 0 saturated carbocycles. The van der Waals surface area contributed by atoms with Gasteiger partial charge in [-0.3, -0.25) is 0 Å². The molecule has 0 aliphatic carbocycles. The summed E-state index contributed by atoms with van der Waals surface area (Å²) >= 11 is 1.87. The van der Waals surface area contributed by atoms with Gasteiger partial charge >= 0.3 is 0 Å². The Morgan fingerprint density at radius 2 is 0.981 bits per heavy atom. The van der Waals surface area contributed by atoms with Gasteiger partial charge in [-0.1, -0.05) is 133 Å². The molecule has 0 amide bonds. The van der Waals surface area contributed by atoms with Crippen LogP contribution in [0.25, 0.3) is 103 Å². The largest absolute Gasteiger partial charge is 0.309 e. The zero-order valence-electron chi connectivity index (χ0n) is 29.1. The van der Waals surface area contributed by atoms with Gasteiger partial charge in [-0.15, -0.1) is 11.3 Å². The second-order valence-electron chi connectivity index (χ2n) is 13.8. The molecule has 11 rings (SSSR count). The van der Waals surface area contributed by atoms with Crippen molar-refractivity contribution >= 4 is 64.2 Å². The molecule has 0 radical (unpaired) electrons. The SMILES string of the molecule is c1ccc(-c2nc(-c3cccc(-c4cccc(-n5c6ccccc6c6cc(-c7ccc8c(c7)sc7ccccc78)ccc65)c4)c3)nc3ccccc23)cc1. The molecule has 3 nitrogen and oxygen atoms in total. The van der Waals surface area contributed by atoms with E-state index in [2.05, 4.69) is 174 Å². The summed E-state index contributed by atoms with van der Waals surface area (Å²) in [6.45, 7) is 0. The van der Waals surface area contributed by atoms with Crippen LogP contribution < -0.4 is 0 Å². The maximum Gasteiger partial charge on any atom is 0.160 e. The Morgan fingerprint density at radius 3 is 1.89 bits per heavy atom. The predicted octanol–water partition coefficient (Wildman–Crippen LogP) is 13.8. The van der Waals surface area contributed by atoms with Gasteiger partial charge in [-0.25, -0.2) is 9.97 Å². The van der Waals surface area contributed by atoms with Crippen molar-refractivity contribution in [2.45, 2.75) is 0 Å². The Balaban J connectivity index is 1.00. The average molecular weight is 706 g/mol. The van der Waals surface area contributed by atoms with Crippen molar-refractivity contribution in [3.05, 3.63) is 188 Å². The van der Waals surface area contributed by atoms with Gasteiger partial charge in [0.15, 0.2) is 5.82 Å². The Kier molecular flexibility index (Phi) is 7.04. The molecule has 0 bridgehead atoms. The van der Waals surface area contributed by atoms with Crippen molar-refractivity contribution in [2.75, 3.05) is 0 Å². The van der Waals surface area contributed by atoms with E-state index in [1.54, 1.807) is 0 Å². The topological polar surface area (TPSA) is 30.7 Å². The molecule has 4 heteroatoms. The van der Waals surface area contributed by atoms with Gasteiger partial charge < -0.3 is 4.57 Å². The molecule has 0 saturated heterocycles. The molecule has 3 heterocycles. The zero-order valence-corrected chi connectivity index (χ0v) is 30.0. The summed E-state index contributed by atoms with van der Waals surface area (Å²) < 4.78 is 5.05. The van der Waals surface area contributed by atoms with Crippen LogP contribution in [0.5, 0.6) is 0 Å². The van der Waals surface area contributed by atoms with Crippen LogP contribution in [0.3, 0.4) is 0 Å². The van der Waals surface area contributed by atoms with Crippen molar-refractivity contribution in [1.82, 2.24) is 14.5 Å². The summed E-state index contributed by atoms with van der Waals surface area (Å²) in [7, 11) is 0. The molecule has 11 aromatic rings. The highest BCUT2D eigenvalue weighted by Gasteiger charge is 2.16. The molecule has 0 unspecified atom stereocenters. The van der Waals surface area contributed by atoms with Crippen LogP contribution in [0.1, 0.15) is 0 Å². The number of hydrogen-bond acceptors (Lipinski definition) is 3. The highest BCUT2D eigenvalue weighted by atomic mass is 32.1. The summed E-state index contributed by atoms with van der Waals surface area (Å²) in [5.74, 6) is 0.718. The lowest BCUT2D eigenvalue weighted by molar-refractivity contribution is 1.18. The van der Waals surface area contributed by atoms with Gasteiger partial charge in [-0.2, -0.15) is 0 Å². The number of thiophene rings is 1. The Labute approximate surface area is 316 Å². The number of aromatic nitrogens is 3. The molecule has 8 aromatic carbocycles. The predicted molar refractivity (Wildman–Crippen MR) is 229 cm³/mol. The van der Waals surface area contributed by atoms with Crippen LogP contribution in [0.2, 0.25) is 0 Å². The molecule has 0 spiro atoms. The minimum absolute atomic E-state index is 0.718. The Bertz CT molecular complexity index is 3230. The third kappa shape index (κ3) is 5.03. The third-order valence-electron chi connectivity index (χ3n) is 10.6. The van der Waals surface area contributed by atoms with Gasteiger partial charge in [-0.05, 0) is 76.9 Å². The minimum Gasteiger partial charge on any atom is -0.309 e. The van der Waals surface area contributed by atoms with E-state index in [9.17, 15) is 0 Å². The first-order valence-corrected chi connectivity index (χ1v) is 19.1. The van der Waals surface area contributed by atoms with Crippen molar-refractivity contribution < 1.29 is 0 Å². The maximum absolute atomic E-state index is 5.14. The van der Waals surface area contributed by atoms with Gasteiger partial charge in [0.05, 0.1) is 22.2 Å². The van der Waals surface area contributed by atoms with Crippen molar-refractivity contribution in [3.8, 4) is 50.6 Å². The standard InChI is InChI=1S/C50H31N3S/c1-2-12-32(13-3-1)49-42-20-4-7-21-44(42)51-50(52-49)37-16-10-14-33(28-37)34-15-11-17-38(29-34)53-45-22-8-5-18-39(45)43-30-35(25-27-46(43)53)36-24-26-41-40-19-6-9-23-47(40)54-48(41)31-36/h1-31H. The van der Waals surface area contributed by atoms with E-state index < -0.39 is 0 Å². The van der Waals surface area contributed by atoms with E-state index in [0.29, 0.717) is 0 Å². The van der Waals surface area contributed by atoms with Gasteiger partial charge in [0.1, 0.15) is 0 Å². The highest BCUT2D eigenvalue weighted by Crippen LogP contribution is 2.39. The third-order valence-corrected chi connectivity index (χ3v) is 11.7. The van der Waals surface area contributed by atoms with Crippen LogP contribution >= 0.6 is 11.3 Å². The van der Waals surface area contributed by atoms with Crippen LogP contribution in [0.4, 0.5) is 0 Å². The molecule has 0 aliphatic rings. The van der Waals surface area contributed by atoms with E-state index in [-0.39, 0.29) is 0 Å². The maximum atomic E-state index is 5.14. The normalized spacial score (nSPS) is 11.7. The molecule has 0 atom stereocenters. The second kappa shape index (κ2) is 12.4. The van der Waals surface area contributed by atoms with Gasteiger partial charge in [0.25, 0.3) is 0 Å². The van der Waals surface area contributed by atoms with Crippen LogP contribution in [-0.2, 0) is 0 Å². The smallest absolute Gasteiger partial charge is 0.160 e. The first-order valence-electron chi connectivity index (χ1n) is 18.2. The number of para-hydroxylation sites is 2. The fourth-order valence-electron chi connectivity index (χ4n) is 8.02. The number of benzene rings is 8. The molecule has 0 aliphatic heterocycles. The summed E-state index contributed by atoms with van der Waals surface area (Å²) in [5.41, 5.74) is 12.2. The molecular weight excluding hydrogens is 675 g/mol. The molecule has 0 fully saturated rings. The van der Waals surface area contributed by atoms with E-state index in [0.717, 1.165) is 50.4 Å². The van der Waals surface area contributed by atoms with Crippen molar-refractivity contribution in [1.29, 1.82) is 0 Å². The van der Waals surface area contributed by atoms with Crippen LogP contribution in [0, 0.1) is 0 Å². The summed E-state index contributed by atoms with van der Waals surface area (Å²) in [6, 6.07) is 67.3. The van der Waals surface area contributed by atoms with Crippen molar-refractivity contribution in [2.24, 2.45) is 0 Å². The van der Waals surface area contributed by atoms with Gasteiger partial charge in [0.2, 0.25) is 0 Å². The molecular formula is C50H31N3S. The second-order valence-corrected chi connectivity index (χ2v) is 14.9. The summed E-state index contributed by atoms with van der Waals surface area (Å²) in [5, 5.41) is 6.19. The fraction of sp³-hybridized carbons (Fsp3) is 0. The van der Waals surface area contributed by atoms with Gasteiger partial charge in [0, 0.05) is 53.1 Å². The Morgan fingerprint density at radius 1 is 0.352 bits per heavy atom. The van der Waals surface area contributed by atoms with Crippen molar-refractivity contribution in [3.63, 3.8) is 0 Å². The first-order chi connectivity index (χ1) is 26.7. The molecule has 3 aromatic heterocycles. The van der Waals surface area contributed by atoms with Crippen LogP contribution in [-0.4, -0.2) is 14.5 Å².